The minimum Gasteiger partial charge on any atom is -0.488 e. The van der Waals surface area contributed by atoms with Crippen molar-refractivity contribution in [2.45, 2.75) is 6.61 Å². The normalized spacial score (nSPS) is 15.1. The molecule has 1 heterocycles. The van der Waals surface area contributed by atoms with Crippen LogP contribution in [0.1, 0.15) is 11.1 Å². The van der Waals surface area contributed by atoms with E-state index >= 15 is 0 Å². The Bertz CT molecular complexity index is 1200. The van der Waals surface area contributed by atoms with Gasteiger partial charge in [0.05, 0.1) is 20.1 Å². The van der Waals surface area contributed by atoms with Gasteiger partial charge in [0.15, 0.2) is 4.32 Å². The molecular formula is C23H14Br2ClNO2S2. The Morgan fingerprint density at radius 3 is 2.52 bits per heavy atom. The molecule has 0 unspecified atom stereocenters. The van der Waals surface area contributed by atoms with Gasteiger partial charge in [-0.25, -0.2) is 0 Å². The standard InChI is InChI=1S/C23H14Br2ClNO2S2/c24-17-8-7-16(12-19(17)26)27-22(28)21(31-23(27)30)11-15-6-9-20(18(25)10-15)29-13-14-4-2-1-3-5-14/h1-12H,13H2/b21-11+. The zero-order chi connectivity index (χ0) is 22.0. The third-order valence-electron chi connectivity index (χ3n) is 4.45. The second-order valence-corrected chi connectivity index (χ2v) is 10.4. The number of anilines is 1. The van der Waals surface area contributed by atoms with E-state index in [9.17, 15) is 4.79 Å². The van der Waals surface area contributed by atoms with Gasteiger partial charge in [-0.3, -0.25) is 9.69 Å². The molecule has 0 bridgehead atoms. The molecule has 0 saturated carbocycles. The first-order chi connectivity index (χ1) is 14.9. The van der Waals surface area contributed by atoms with Crippen molar-refractivity contribution in [3.63, 3.8) is 0 Å². The summed E-state index contributed by atoms with van der Waals surface area (Å²) in [5.74, 6) is 0.562. The lowest BCUT2D eigenvalue weighted by atomic mass is 10.2. The van der Waals surface area contributed by atoms with E-state index in [0.29, 0.717) is 26.5 Å². The van der Waals surface area contributed by atoms with Gasteiger partial charge in [0.25, 0.3) is 5.91 Å². The van der Waals surface area contributed by atoms with Crippen molar-refractivity contribution >= 4 is 89.4 Å². The number of thiocarbonyl (C=S) groups is 1. The van der Waals surface area contributed by atoms with Crippen LogP contribution in [-0.4, -0.2) is 10.2 Å². The Labute approximate surface area is 211 Å². The molecular weight excluding hydrogens is 582 g/mol. The zero-order valence-electron chi connectivity index (χ0n) is 15.8. The van der Waals surface area contributed by atoms with E-state index in [1.165, 1.54) is 16.7 Å². The van der Waals surface area contributed by atoms with Crippen LogP contribution in [-0.2, 0) is 11.4 Å². The van der Waals surface area contributed by atoms with Crippen LogP contribution in [0.15, 0.2) is 80.6 Å². The highest BCUT2D eigenvalue weighted by atomic mass is 79.9. The largest absolute Gasteiger partial charge is 0.488 e. The quantitative estimate of drug-likeness (QED) is 0.222. The van der Waals surface area contributed by atoms with E-state index in [-0.39, 0.29) is 5.91 Å². The summed E-state index contributed by atoms with van der Waals surface area (Å²) in [5, 5.41) is 0.519. The summed E-state index contributed by atoms with van der Waals surface area (Å²) >= 11 is 19.8. The molecule has 3 aromatic carbocycles. The number of carbonyl (C=O) groups is 1. The smallest absolute Gasteiger partial charge is 0.270 e. The third-order valence-corrected chi connectivity index (χ3v) is 7.60. The lowest BCUT2D eigenvalue weighted by Gasteiger charge is -2.15. The van der Waals surface area contributed by atoms with E-state index in [2.05, 4.69) is 31.9 Å². The van der Waals surface area contributed by atoms with Crippen molar-refractivity contribution in [3.8, 4) is 5.75 Å². The molecule has 1 aliphatic heterocycles. The second-order valence-electron chi connectivity index (χ2n) is 6.58. The van der Waals surface area contributed by atoms with E-state index < -0.39 is 0 Å². The van der Waals surface area contributed by atoms with Crippen LogP contribution in [0.4, 0.5) is 5.69 Å². The molecule has 8 heteroatoms. The van der Waals surface area contributed by atoms with Crippen LogP contribution in [0.2, 0.25) is 5.02 Å². The first kappa shape index (κ1) is 22.6. The SMILES string of the molecule is O=C1/C(=C\c2ccc(OCc3ccccc3)c(Br)c2)SC(=S)N1c1ccc(Br)c(Cl)c1. The minimum absolute atomic E-state index is 0.172. The first-order valence-corrected chi connectivity index (χ1v) is 12.3. The lowest BCUT2D eigenvalue weighted by Crippen LogP contribution is -2.27. The van der Waals surface area contributed by atoms with Gasteiger partial charge in [-0.15, -0.1) is 0 Å². The van der Waals surface area contributed by atoms with Crippen LogP contribution < -0.4 is 9.64 Å². The second kappa shape index (κ2) is 9.88. The van der Waals surface area contributed by atoms with Crippen molar-refractivity contribution in [2.75, 3.05) is 4.90 Å². The van der Waals surface area contributed by atoms with Crippen LogP contribution in [0.25, 0.3) is 6.08 Å². The fourth-order valence-corrected chi connectivity index (χ4v) is 5.16. The Morgan fingerprint density at radius 1 is 1.03 bits per heavy atom. The molecule has 3 aromatic rings. The Hall–Kier alpha value is -1.64. The fourth-order valence-electron chi connectivity index (χ4n) is 2.93. The number of hydrogen-bond acceptors (Lipinski definition) is 4. The summed E-state index contributed by atoms with van der Waals surface area (Å²) in [6.45, 7) is 0.479. The molecule has 1 fully saturated rings. The molecule has 1 amide bonds. The number of ether oxygens (including phenoxy) is 1. The lowest BCUT2D eigenvalue weighted by molar-refractivity contribution is -0.113. The van der Waals surface area contributed by atoms with Gasteiger partial charge < -0.3 is 4.74 Å². The number of nitrogens with zero attached hydrogens (tertiary/aromatic N) is 1. The molecule has 31 heavy (non-hydrogen) atoms. The van der Waals surface area contributed by atoms with Crippen LogP contribution in [0.3, 0.4) is 0 Å². The first-order valence-electron chi connectivity index (χ1n) is 9.11. The van der Waals surface area contributed by atoms with Gasteiger partial charge in [-0.1, -0.05) is 72.0 Å². The highest BCUT2D eigenvalue weighted by Crippen LogP contribution is 2.38. The Balaban J connectivity index is 1.51. The predicted molar refractivity (Wildman–Crippen MR) is 140 cm³/mol. The van der Waals surface area contributed by atoms with E-state index in [1.807, 2.05) is 54.6 Å². The third kappa shape index (κ3) is 5.23. The average molecular weight is 596 g/mol. The number of halogens is 3. The van der Waals surface area contributed by atoms with Gasteiger partial charge in [0.2, 0.25) is 0 Å². The highest BCUT2D eigenvalue weighted by molar-refractivity contribution is 9.10. The number of carbonyl (C=O) groups excluding carboxylic acids is 1. The maximum atomic E-state index is 13.0. The fraction of sp³-hybridized carbons (Fsp3) is 0.0435. The van der Waals surface area contributed by atoms with Crippen molar-refractivity contribution in [3.05, 3.63) is 96.7 Å². The summed E-state index contributed by atoms with van der Waals surface area (Å²) in [5.41, 5.74) is 2.61. The molecule has 0 aromatic heterocycles. The summed E-state index contributed by atoms with van der Waals surface area (Å²) < 4.78 is 7.94. The van der Waals surface area contributed by atoms with Crippen LogP contribution >= 0.6 is 67.4 Å². The molecule has 0 radical (unpaired) electrons. The summed E-state index contributed by atoms with van der Waals surface area (Å²) in [4.78, 5) is 15.0. The monoisotopic (exact) mass is 593 g/mol. The van der Waals surface area contributed by atoms with Crippen LogP contribution in [0.5, 0.6) is 5.75 Å². The molecule has 0 spiro atoms. The number of amides is 1. The topological polar surface area (TPSA) is 29.5 Å². The van der Waals surface area contributed by atoms with Gasteiger partial charge in [0, 0.05) is 4.47 Å². The summed E-state index contributed by atoms with van der Waals surface area (Å²) in [7, 11) is 0. The van der Waals surface area contributed by atoms with Gasteiger partial charge in [0.1, 0.15) is 12.4 Å². The van der Waals surface area contributed by atoms with Gasteiger partial charge in [-0.2, -0.15) is 0 Å². The number of thioether (sulfide) groups is 1. The van der Waals surface area contributed by atoms with E-state index in [4.69, 9.17) is 28.6 Å². The maximum absolute atomic E-state index is 13.0. The number of benzene rings is 3. The molecule has 0 aliphatic carbocycles. The molecule has 156 valence electrons. The molecule has 3 nitrogen and oxygen atoms in total. The molecule has 1 aliphatic rings. The zero-order valence-corrected chi connectivity index (χ0v) is 21.4. The molecule has 0 N–H and O–H groups in total. The molecule has 1 saturated heterocycles. The van der Waals surface area contributed by atoms with E-state index in [1.54, 1.807) is 18.2 Å². The predicted octanol–water partition coefficient (Wildman–Crippen LogP) is 7.85. The van der Waals surface area contributed by atoms with Crippen molar-refractivity contribution in [1.82, 2.24) is 0 Å². The highest BCUT2D eigenvalue weighted by Gasteiger charge is 2.33. The summed E-state index contributed by atoms with van der Waals surface area (Å²) in [6.07, 6.45) is 1.82. The molecule has 4 rings (SSSR count). The van der Waals surface area contributed by atoms with Crippen molar-refractivity contribution in [2.24, 2.45) is 0 Å². The maximum Gasteiger partial charge on any atom is 0.270 e. The van der Waals surface area contributed by atoms with Crippen LogP contribution in [0, 0.1) is 0 Å². The van der Waals surface area contributed by atoms with Gasteiger partial charge >= 0.3 is 0 Å². The minimum atomic E-state index is -0.172. The summed E-state index contributed by atoms with van der Waals surface area (Å²) in [6, 6.07) is 21.0. The Morgan fingerprint density at radius 2 is 1.81 bits per heavy atom. The van der Waals surface area contributed by atoms with Crippen molar-refractivity contribution < 1.29 is 9.53 Å². The number of hydrogen-bond donors (Lipinski definition) is 0. The average Bonchev–Trinajstić information content (AvgIpc) is 3.03. The Kier molecular flexibility index (Phi) is 7.19. The van der Waals surface area contributed by atoms with E-state index in [0.717, 1.165) is 25.8 Å². The van der Waals surface area contributed by atoms with Crippen molar-refractivity contribution in [1.29, 1.82) is 0 Å². The number of rotatable bonds is 5. The molecule has 0 atom stereocenters. The van der Waals surface area contributed by atoms with Gasteiger partial charge in [-0.05, 0) is 79.4 Å².